The Kier molecular flexibility index (Phi) is 5.94. The number of rotatable bonds is 6. The highest BCUT2D eigenvalue weighted by molar-refractivity contribution is 5.92. The molecule has 0 heterocycles. The Morgan fingerprint density at radius 3 is 2.26 bits per heavy atom. The molecular formula is C22H20F2N2O. The Morgan fingerprint density at radius 1 is 0.926 bits per heavy atom. The molecule has 138 valence electrons. The normalized spacial score (nSPS) is 11.8. The number of carbonyl (C=O) groups is 1. The summed E-state index contributed by atoms with van der Waals surface area (Å²) in [7, 11) is 0. The fraction of sp³-hybridized carbons (Fsp3) is 0.136. The zero-order valence-electron chi connectivity index (χ0n) is 14.9. The van der Waals surface area contributed by atoms with Crippen molar-refractivity contribution in [2.75, 3.05) is 11.9 Å². The van der Waals surface area contributed by atoms with E-state index in [0.29, 0.717) is 11.3 Å². The van der Waals surface area contributed by atoms with E-state index in [9.17, 15) is 13.6 Å². The van der Waals surface area contributed by atoms with Crippen molar-refractivity contribution in [3.8, 4) is 11.1 Å². The maximum atomic E-state index is 13.8. The Balaban J connectivity index is 1.54. The molecule has 1 amide bonds. The van der Waals surface area contributed by atoms with Crippen LogP contribution in [0.15, 0.2) is 72.8 Å². The molecule has 3 aromatic carbocycles. The molecule has 3 rings (SSSR count). The lowest BCUT2D eigenvalue weighted by Gasteiger charge is -2.15. The summed E-state index contributed by atoms with van der Waals surface area (Å²) in [5, 5.41) is 5.74. The largest absolute Gasteiger partial charge is 0.325 e. The lowest BCUT2D eigenvalue weighted by Crippen LogP contribution is -2.30. The highest BCUT2D eigenvalue weighted by Gasteiger charge is 2.13. The van der Waals surface area contributed by atoms with Crippen LogP contribution in [-0.4, -0.2) is 12.5 Å². The number of anilines is 1. The van der Waals surface area contributed by atoms with E-state index in [-0.39, 0.29) is 12.5 Å². The van der Waals surface area contributed by atoms with Gasteiger partial charge in [-0.2, -0.15) is 0 Å². The molecule has 3 nitrogen and oxygen atoms in total. The summed E-state index contributed by atoms with van der Waals surface area (Å²) in [6, 6.07) is 20.5. The minimum absolute atomic E-state index is 0.0123. The fourth-order valence-corrected chi connectivity index (χ4v) is 2.79. The molecule has 2 N–H and O–H groups in total. The summed E-state index contributed by atoms with van der Waals surface area (Å²) < 4.78 is 26.7. The molecule has 0 spiro atoms. The van der Waals surface area contributed by atoms with Crippen LogP contribution in [0.25, 0.3) is 11.1 Å². The van der Waals surface area contributed by atoms with Gasteiger partial charge in [-0.1, -0.05) is 48.5 Å². The molecule has 0 saturated heterocycles. The first-order valence-corrected chi connectivity index (χ1v) is 8.66. The second-order valence-electron chi connectivity index (χ2n) is 6.26. The summed E-state index contributed by atoms with van der Waals surface area (Å²) in [4.78, 5) is 12.1. The summed E-state index contributed by atoms with van der Waals surface area (Å²) in [5.74, 6) is -1.50. The Hall–Kier alpha value is -3.05. The number of amides is 1. The van der Waals surface area contributed by atoms with E-state index >= 15 is 0 Å². The Labute approximate surface area is 157 Å². The van der Waals surface area contributed by atoms with E-state index in [1.165, 1.54) is 12.1 Å². The van der Waals surface area contributed by atoms with E-state index < -0.39 is 17.7 Å². The van der Waals surface area contributed by atoms with Crippen molar-refractivity contribution >= 4 is 11.6 Å². The maximum Gasteiger partial charge on any atom is 0.238 e. The van der Waals surface area contributed by atoms with Crippen molar-refractivity contribution in [1.82, 2.24) is 5.32 Å². The summed E-state index contributed by atoms with van der Waals surface area (Å²) >= 11 is 0. The Bertz CT molecular complexity index is 911. The summed E-state index contributed by atoms with van der Waals surface area (Å²) in [5.41, 5.74) is 3.16. The lowest BCUT2D eigenvalue weighted by atomic mass is 10.1. The van der Waals surface area contributed by atoms with Crippen molar-refractivity contribution < 1.29 is 13.6 Å². The van der Waals surface area contributed by atoms with Crippen LogP contribution < -0.4 is 10.6 Å². The number of nitrogens with one attached hydrogen (secondary N) is 2. The second-order valence-corrected chi connectivity index (χ2v) is 6.26. The van der Waals surface area contributed by atoms with E-state index in [1.54, 1.807) is 6.92 Å². The van der Waals surface area contributed by atoms with Gasteiger partial charge < -0.3 is 10.6 Å². The zero-order valence-corrected chi connectivity index (χ0v) is 14.9. The topological polar surface area (TPSA) is 41.1 Å². The van der Waals surface area contributed by atoms with Gasteiger partial charge in [0, 0.05) is 23.4 Å². The number of carbonyl (C=O) groups excluding carboxylic acids is 1. The first kappa shape index (κ1) is 18.7. The van der Waals surface area contributed by atoms with Gasteiger partial charge in [0.05, 0.1) is 6.54 Å². The number of hydrogen-bond acceptors (Lipinski definition) is 2. The molecule has 0 aliphatic carbocycles. The second kappa shape index (κ2) is 8.56. The van der Waals surface area contributed by atoms with Gasteiger partial charge in [0.1, 0.15) is 11.6 Å². The molecule has 0 aromatic heterocycles. The average Bonchev–Trinajstić information content (AvgIpc) is 2.67. The van der Waals surface area contributed by atoms with Crippen molar-refractivity contribution in [1.29, 1.82) is 0 Å². The number of benzene rings is 3. The lowest BCUT2D eigenvalue weighted by molar-refractivity contribution is -0.115. The van der Waals surface area contributed by atoms with Gasteiger partial charge in [0.2, 0.25) is 5.91 Å². The molecule has 3 aromatic rings. The maximum absolute atomic E-state index is 13.8. The number of hydrogen-bond donors (Lipinski definition) is 2. The molecule has 0 aliphatic heterocycles. The van der Waals surface area contributed by atoms with Gasteiger partial charge in [-0.25, -0.2) is 8.78 Å². The molecule has 0 fully saturated rings. The van der Waals surface area contributed by atoms with Crippen LogP contribution in [0, 0.1) is 11.6 Å². The van der Waals surface area contributed by atoms with Crippen LogP contribution in [0.5, 0.6) is 0 Å². The minimum atomic E-state index is -0.632. The predicted molar refractivity (Wildman–Crippen MR) is 103 cm³/mol. The number of halogens is 2. The van der Waals surface area contributed by atoms with Crippen LogP contribution >= 0.6 is 0 Å². The van der Waals surface area contributed by atoms with Crippen LogP contribution in [0.1, 0.15) is 18.5 Å². The van der Waals surface area contributed by atoms with Gasteiger partial charge in [-0.05, 0) is 36.2 Å². The van der Waals surface area contributed by atoms with Gasteiger partial charge in [0.15, 0.2) is 0 Å². The molecule has 1 atom stereocenters. The first-order chi connectivity index (χ1) is 13.0. The van der Waals surface area contributed by atoms with Crippen molar-refractivity contribution in [2.24, 2.45) is 0 Å². The predicted octanol–water partition coefficient (Wildman–Crippen LogP) is 4.92. The molecule has 0 unspecified atom stereocenters. The molecule has 27 heavy (non-hydrogen) atoms. The molecule has 0 radical (unpaired) electrons. The quantitative estimate of drug-likeness (QED) is 0.650. The van der Waals surface area contributed by atoms with Gasteiger partial charge >= 0.3 is 0 Å². The van der Waals surface area contributed by atoms with E-state index in [4.69, 9.17) is 0 Å². The van der Waals surface area contributed by atoms with Crippen LogP contribution in [0.2, 0.25) is 0 Å². The molecular weight excluding hydrogens is 346 g/mol. The minimum Gasteiger partial charge on any atom is -0.325 e. The highest BCUT2D eigenvalue weighted by Crippen LogP contribution is 2.21. The van der Waals surface area contributed by atoms with Gasteiger partial charge in [0.25, 0.3) is 0 Å². The average molecular weight is 366 g/mol. The Morgan fingerprint density at radius 2 is 1.59 bits per heavy atom. The molecule has 0 saturated carbocycles. The zero-order chi connectivity index (χ0) is 19.2. The molecule has 5 heteroatoms. The van der Waals surface area contributed by atoms with Gasteiger partial charge in [-0.3, -0.25) is 4.79 Å². The standard InChI is InChI=1S/C22H20F2N2O/c1-15(20-12-9-18(23)13-21(20)24)25-14-22(27)26-19-10-7-17(8-11-19)16-5-3-2-4-6-16/h2-13,15,25H,14H2,1H3,(H,26,27)/t15-/m1/s1. The summed E-state index contributed by atoms with van der Waals surface area (Å²) in [6.45, 7) is 1.73. The van der Waals surface area contributed by atoms with Crippen molar-refractivity contribution in [3.05, 3.63) is 90.0 Å². The SMILES string of the molecule is C[C@@H](NCC(=O)Nc1ccc(-c2ccccc2)cc1)c1ccc(F)cc1F. The highest BCUT2D eigenvalue weighted by atomic mass is 19.1. The molecule has 0 aliphatic rings. The fourth-order valence-electron chi connectivity index (χ4n) is 2.79. The van der Waals surface area contributed by atoms with E-state index in [2.05, 4.69) is 10.6 Å². The third-order valence-corrected chi connectivity index (χ3v) is 4.27. The summed E-state index contributed by atoms with van der Waals surface area (Å²) in [6.07, 6.45) is 0. The van der Waals surface area contributed by atoms with Crippen molar-refractivity contribution in [3.63, 3.8) is 0 Å². The molecule has 0 bridgehead atoms. The van der Waals surface area contributed by atoms with E-state index in [1.807, 2.05) is 54.6 Å². The third kappa shape index (κ3) is 4.99. The van der Waals surface area contributed by atoms with Crippen LogP contribution in [0.3, 0.4) is 0 Å². The van der Waals surface area contributed by atoms with Crippen LogP contribution in [0.4, 0.5) is 14.5 Å². The van der Waals surface area contributed by atoms with Gasteiger partial charge in [-0.15, -0.1) is 0 Å². The van der Waals surface area contributed by atoms with Crippen LogP contribution in [-0.2, 0) is 4.79 Å². The smallest absolute Gasteiger partial charge is 0.238 e. The monoisotopic (exact) mass is 366 g/mol. The van der Waals surface area contributed by atoms with E-state index in [0.717, 1.165) is 17.2 Å². The van der Waals surface area contributed by atoms with Crippen molar-refractivity contribution in [2.45, 2.75) is 13.0 Å². The third-order valence-electron chi connectivity index (χ3n) is 4.27. The first-order valence-electron chi connectivity index (χ1n) is 8.66.